The number of carbonyl (C=O) groups excluding carboxylic acids is 1. The largest absolute Gasteiger partial charge is 0.415 e. The first-order valence-electron chi connectivity index (χ1n) is 12.8. The molecule has 1 aliphatic heterocycles. The van der Waals surface area contributed by atoms with Gasteiger partial charge in [0.2, 0.25) is 0 Å². The van der Waals surface area contributed by atoms with Gasteiger partial charge in [0.1, 0.15) is 5.75 Å². The minimum Gasteiger partial charge on any atom is -0.410 e. The van der Waals surface area contributed by atoms with E-state index in [0.29, 0.717) is 42.9 Å². The molecular weight excluding hydrogens is 402 g/mol. The van der Waals surface area contributed by atoms with E-state index in [0.717, 1.165) is 31.1 Å². The molecule has 4 aliphatic rings. The van der Waals surface area contributed by atoms with Crippen LogP contribution in [0.15, 0.2) is 18.2 Å². The van der Waals surface area contributed by atoms with Crippen LogP contribution in [-0.4, -0.2) is 50.0 Å². The Labute approximate surface area is 192 Å². The van der Waals surface area contributed by atoms with Crippen LogP contribution in [0.4, 0.5) is 4.79 Å². The summed E-state index contributed by atoms with van der Waals surface area (Å²) in [6.07, 6.45) is 9.52. The fourth-order valence-electron chi connectivity index (χ4n) is 7.59. The number of benzene rings is 1. The van der Waals surface area contributed by atoms with Gasteiger partial charge in [-0.25, -0.2) is 4.79 Å². The van der Waals surface area contributed by atoms with Gasteiger partial charge in [-0.2, -0.15) is 0 Å². The molecule has 2 saturated carbocycles. The van der Waals surface area contributed by atoms with Crippen LogP contribution in [0.3, 0.4) is 0 Å². The van der Waals surface area contributed by atoms with Crippen molar-refractivity contribution in [2.75, 3.05) is 26.9 Å². The Bertz CT molecular complexity index is 839. The standard InChI is InChI=1S/C27H39NO4/c1-4-5-19-17-31-15-14-28(19)26(29)32-20-7-9-21-18(16-20)6-8-23-22(21)12-13-27(2)24(23)10-11-25(27)30-3/h7,9,16,19,22-25H,4-6,8,10-15,17H2,1-3H3. The van der Waals surface area contributed by atoms with Gasteiger partial charge in [-0.05, 0) is 91.4 Å². The molecule has 0 aromatic heterocycles. The summed E-state index contributed by atoms with van der Waals surface area (Å²) in [4.78, 5) is 14.8. The van der Waals surface area contributed by atoms with Gasteiger partial charge in [-0.15, -0.1) is 0 Å². The first kappa shape index (κ1) is 22.2. The Kier molecular flexibility index (Phi) is 6.23. The number of fused-ring (bicyclic) bond motifs is 5. The van der Waals surface area contributed by atoms with Crippen molar-refractivity contribution in [3.63, 3.8) is 0 Å². The molecule has 32 heavy (non-hydrogen) atoms. The highest BCUT2D eigenvalue weighted by Crippen LogP contribution is 2.61. The van der Waals surface area contributed by atoms with Crippen molar-refractivity contribution in [3.05, 3.63) is 29.3 Å². The highest BCUT2D eigenvalue weighted by Gasteiger charge is 2.55. The van der Waals surface area contributed by atoms with Crippen LogP contribution in [0.25, 0.3) is 0 Å². The Morgan fingerprint density at radius 2 is 2.12 bits per heavy atom. The van der Waals surface area contributed by atoms with Crippen molar-refractivity contribution in [3.8, 4) is 5.75 Å². The van der Waals surface area contributed by atoms with Crippen molar-refractivity contribution in [2.45, 2.75) is 83.3 Å². The molecule has 1 saturated heterocycles. The molecule has 6 atom stereocenters. The quantitative estimate of drug-likeness (QED) is 0.614. The van der Waals surface area contributed by atoms with E-state index in [9.17, 15) is 4.79 Å². The maximum atomic E-state index is 12.9. The Morgan fingerprint density at radius 1 is 1.25 bits per heavy atom. The average molecular weight is 442 g/mol. The molecule has 3 fully saturated rings. The predicted molar refractivity (Wildman–Crippen MR) is 124 cm³/mol. The first-order valence-corrected chi connectivity index (χ1v) is 12.8. The van der Waals surface area contributed by atoms with Gasteiger partial charge in [-0.1, -0.05) is 26.3 Å². The lowest BCUT2D eigenvalue weighted by Gasteiger charge is -2.50. The van der Waals surface area contributed by atoms with E-state index in [4.69, 9.17) is 14.2 Å². The average Bonchev–Trinajstić information content (AvgIpc) is 3.15. The van der Waals surface area contributed by atoms with Crippen LogP contribution in [0.1, 0.15) is 75.8 Å². The molecule has 176 valence electrons. The van der Waals surface area contributed by atoms with Gasteiger partial charge in [0, 0.05) is 13.7 Å². The van der Waals surface area contributed by atoms with E-state index in [1.807, 2.05) is 18.1 Å². The molecule has 0 bridgehead atoms. The molecule has 5 nitrogen and oxygen atoms in total. The number of ether oxygens (including phenoxy) is 3. The second kappa shape index (κ2) is 8.98. The van der Waals surface area contributed by atoms with Crippen molar-refractivity contribution in [1.82, 2.24) is 4.90 Å². The Hall–Kier alpha value is -1.59. The number of hydrogen-bond donors (Lipinski definition) is 0. The molecule has 1 amide bonds. The highest BCUT2D eigenvalue weighted by atomic mass is 16.6. The summed E-state index contributed by atoms with van der Waals surface area (Å²) in [5.74, 6) is 2.87. The molecular formula is C27H39NO4. The number of amides is 1. The third-order valence-electron chi connectivity index (χ3n) is 9.18. The zero-order chi connectivity index (χ0) is 22.3. The lowest BCUT2D eigenvalue weighted by Crippen LogP contribution is -2.49. The molecule has 1 heterocycles. The van der Waals surface area contributed by atoms with E-state index in [2.05, 4.69) is 26.0 Å². The number of aryl methyl sites for hydroxylation is 1. The Balaban J connectivity index is 1.30. The van der Waals surface area contributed by atoms with E-state index < -0.39 is 0 Å². The minimum atomic E-state index is -0.231. The van der Waals surface area contributed by atoms with Crippen molar-refractivity contribution < 1.29 is 19.0 Å². The first-order chi connectivity index (χ1) is 15.5. The van der Waals surface area contributed by atoms with E-state index in [1.165, 1.54) is 43.2 Å². The normalized spacial score (nSPS) is 36.2. The van der Waals surface area contributed by atoms with Crippen LogP contribution in [0, 0.1) is 17.3 Å². The number of carbonyl (C=O) groups is 1. The molecule has 0 radical (unpaired) electrons. The maximum absolute atomic E-state index is 12.9. The van der Waals surface area contributed by atoms with Gasteiger partial charge in [0.05, 0.1) is 25.4 Å². The number of nitrogens with zero attached hydrogens (tertiary/aromatic N) is 1. The molecule has 5 heteroatoms. The second-order valence-corrected chi connectivity index (χ2v) is 10.7. The summed E-state index contributed by atoms with van der Waals surface area (Å²) in [6, 6.07) is 6.54. The third-order valence-corrected chi connectivity index (χ3v) is 9.18. The van der Waals surface area contributed by atoms with E-state index in [1.54, 1.807) is 0 Å². The molecule has 3 aliphatic carbocycles. The lowest BCUT2D eigenvalue weighted by molar-refractivity contribution is -0.0444. The molecule has 0 spiro atoms. The van der Waals surface area contributed by atoms with Crippen molar-refractivity contribution in [2.24, 2.45) is 17.3 Å². The zero-order valence-electron chi connectivity index (χ0n) is 20.0. The SMILES string of the molecule is CCCC1COCCN1C(=O)Oc1ccc2c(c1)CCC1C2CCC2(C)C(OC)CCC12. The van der Waals surface area contributed by atoms with E-state index >= 15 is 0 Å². The molecule has 1 aromatic carbocycles. The second-order valence-electron chi connectivity index (χ2n) is 10.7. The van der Waals surface area contributed by atoms with Gasteiger partial charge in [0.15, 0.2) is 0 Å². The summed E-state index contributed by atoms with van der Waals surface area (Å²) in [7, 11) is 1.89. The van der Waals surface area contributed by atoms with Crippen LogP contribution in [0.5, 0.6) is 5.75 Å². The topological polar surface area (TPSA) is 48.0 Å². The lowest BCUT2D eigenvalue weighted by atomic mass is 9.55. The minimum absolute atomic E-state index is 0.124. The maximum Gasteiger partial charge on any atom is 0.415 e. The smallest absolute Gasteiger partial charge is 0.410 e. The summed E-state index contributed by atoms with van der Waals surface area (Å²) < 4.78 is 17.3. The predicted octanol–water partition coefficient (Wildman–Crippen LogP) is 5.56. The molecule has 1 aromatic rings. The number of rotatable bonds is 4. The highest BCUT2D eigenvalue weighted by molar-refractivity contribution is 5.71. The number of morpholine rings is 1. The van der Waals surface area contributed by atoms with Crippen LogP contribution >= 0.6 is 0 Å². The fraction of sp³-hybridized carbons (Fsp3) is 0.741. The number of methoxy groups -OCH3 is 1. The summed E-state index contributed by atoms with van der Waals surface area (Å²) in [6.45, 7) is 6.43. The molecule has 6 unspecified atom stereocenters. The summed E-state index contributed by atoms with van der Waals surface area (Å²) in [5.41, 5.74) is 3.23. The summed E-state index contributed by atoms with van der Waals surface area (Å²) in [5, 5.41) is 0. The summed E-state index contributed by atoms with van der Waals surface area (Å²) >= 11 is 0. The van der Waals surface area contributed by atoms with Gasteiger partial charge < -0.3 is 19.1 Å². The van der Waals surface area contributed by atoms with Gasteiger partial charge in [0.25, 0.3) is 0 Å². The van der Waals surface area contributed by atoms with Gasteiger partial charge in [-0.3, -0.25) is 0 Å². The number of hydrogen-bond acceptors (Lipinski definition) is 4. The monoisotopic (exact) mass is 441 g/mol. The van der Waals surface area contributed by atoms with Crippen molar-refractivity contribution in [1.29, 1.82) is 0 Å². The molecule has 5 rings (SSSR count). The van der Waals surface area contributed by atoms with Crippen LogP contribution in [-0.2, 0) is 15.9 Å². The Morgan fingerprint density at radius 3 is 2.94 bits per heavy atom. The van der Waals surface area contributed by atoms with Crippen LogP contribution < -0.4 is 4.74 Å². The third kappa shape index (κ3) is 3.75. The molecule has 0 N–H and O–H groups in total. The van der Waals surface area contributed by atoms with Crippen molar-refractivity contribution >= 4 is 6.09 Å². The fourth-order valence-corrected chi connectivity index (χ4v) is 7.59. The zero-order valence-corrected chi connectivity index (χ0v) is 20.0. The van der Waals surface area contributed by atoms with E-state index in [-0.39, 0.29) is 12.1 Å². The van der Waals surface area contributed by atoms with Gasteiger partial charge >= 0.3 is 6.09 Å². The van der Waals surface area contributed by atoms with Crippen LogP contribution in [0.2, 0.25) is 0 Å².